The molecule has 0 bridgehead atoms. The molecule has 1 amide bonds. The van der Waals surface area contributed by atoms with Gasteiger partial charge in [0.2, 0.25) is 0 Å². The van der Waals surface area contributed by atoms with Gasteiger partial charge in [0.15, 0.2) is 11.5 Å². The van der Waals surface area contributed by atoms with Crippen molar-refractivity contribution in [1.29, 1.82) is 0 Å². The SMILES string of the molecule is C=CCOc1ccc(Br)cc1C(=O)N/N=C/c1ccc(OC(=O)c2ccccc2)c(OC)c1. The maximum atomic E-state index is 12.6. The number of benzene rings is 3. The molecule has 0 aliphatic heterocycles. The first-order valence-electron chi connectivity index (χ1n) is 9.83. The van der Waals surface area contributed by atoms with Gasteiger partial charge in [0.1, 0.15) is 12.4 Å². The van der Waals surface area contributed by atoms with Crippen LogP contribution in [0.2, 0.25) is 0 Å². The lowest BCUT2D eigenvalue weighted by atomic mass is 10.2. The van der Waals surface area contributed by atoms with E-state index in [2.05, 4.69) is 33.0 Å². The van der Waals surface area contributed by atoms with Gasteiger partial charge in [-0.05, 0) is 54.1 Å². The summed E-state index contributed by atoms with van der Waals surface area (Å²) < 4.78 is 17.0. The molecule has 0 heterocycles. The molecule has 3 rings (SSSR count). The van der Waals surface area contributed by atoms with Crippen LogP contribution in [0.3, 0.4) is 0 Å². The third-order valence-electron chi connectivity index (χ3n) is 4.32. The van der Waals surface area contributed by atoms with Gasteiger partial charge in [-0.15, -0.1) is 0 Å². The van der Waals surface area contributed by atoms with Crippen LogP contribution < -0.4 is 19.6 Å². The largest absolute Gasteiger partial charge is 0.493 e. The number of amides is 1. The monoisotopic (exact) mass is 508 g/mol. The van der Waals surface area contributed by atoms with Crippen molar-refractivity contribution in [2.45, 2.75) is 0 Å². The highest BCUT2D eigenvalue weighted by molar-refractivity contribution is 9.10. The molecule has 3 aromatic rings. The van der Waals surface area contributed by atoms with Crippen LogP contribution in [0.15, 0.2) is 89.0 Å². The number of hydrogen-bond donors (Lipinski definition) is 1. The van der Waals surface area contributed by atoms with Crippen LogP contribution in [0.5, 0.6) is 17.2 Å². The molecular formula is C25H21BrN2O5. The molecule has 0 saturated heterocycles. The molecule has 0 aliphatic rings. The fourth-order valence-electron chi connectivity index (χ4n) is 2.76. The summed E-state index contributed by atoms with van der Waals surface area (Å²) in [6.07, 6.45) is 3.04. The van der Waals surface area contributed by atoms with Gasteiger partial charge in [-0.25, -0.2) is 10.2 Å². The number of nitrogens with zero attached hydrogens (tertiary/aromatic N) is 1. The smallest absolute Gasteiger partial charge is 0.343 e. The second-order valence-corrected chi connectivity index (χ2v) is 7.52. The summed E-state index contributed by atoms with van der Waals surface area (Å²) in [7, 11) is 1.47. The Labute approximate surface area is 199 Å². The Morgan fingerprint density at radius 3 is 2.52 bits per heavy atom. The molecule has 7 nitrogen and oxygen atoms in total. The molecule has 3 aromatic carbocycles. The Morgan fingerprint density at radius 1 is 1.03 bits per heavy atom. The van der Waals surface area contributed by atoms with E-state index in [0.29, 0.717) is 28.2 Å². The summed E-state index contributed by atoms with van der Waals surface area (Å²) >= 11 is 3.35. The third kappa shape index (κ3) is 6.54. The van der Waals surface area contributed by atoms with Gasteiger partial charge in [-0.3, -0.25) is 4.79 Å². The van der Waals surface area contributed by atoms with E-state index in [9.17, 15) is 9.59 Å². The second-order valence-electron chi connectivity index (χ2n) is 6.61. The van der Waals surface area contributed by atoms with E-state index in [1.165, 1.54) is 13.3 Å². The van der Waals surface area contributed by atoms with Crippen molar-refractivity contribution < 1.29 is 23.8 Å². The van der Waals surface area contributed by atoms with Gasteiger partial charge < -0.3 is 14.2 Å². The minimum atomic E-state index is -0.494. The fraction of sp³-hybridized carbons (Fsp3) is 0.0800. The number of ether oxygens (including phenoxy) is 3. The molecular weight excluding hydrogens is 488 g/mol. The Morgan fingerprint density at radius 2 is 1.79 bits per heavy atom. The minimum absolute atomic E-state index is 0.269. The molecule has 33 heavy (non-hydrogen) atoms. The molecule has 1 N–H and O–H groups in total. The van der Waals surface area contributed by atoms with Gasteiger partial charge in [0.25, 0.3) is 5.91 Å². The Hall–Kier alpha value is -3.91. The van der Waals surface area contributed by atoms with E-state index in [-0.39, 0.29) is 12.4 Å². The first-order chi connectivity index (χ1) is 16.0. The van der Waals surface area contributed by atoms with E-state index in [1.807, 2.05) is 6.07 Å². The van der Waals surface area contributed by atoms with Gasteiger partial charge in [-0.2, -0.15) is 5.10 Å². The van der Waals surface area contributed by atoms with E-state index < -0.39 is 11.9 Å². The Balaban J connectivity index is 1.69. The fourth-order valence-corrected chi connectivity index (χ4v) is 3.12. The quantitative estimate of drug-likeness (QED) is 0.144. The minimum Gasteiger partial charge on any atom is -0.493 e. The van der Waals surface area contributed by atoms with Crippen LogP contribution in [-0.4, -0.2) is 31.8 Å². The van der Waals surface area contributed by atoms with Crippen molar-refractivity contribution >= 4 is 34.0 Å². The van der Waals surface area contributed by atoms with Crippen molar-refractivity contribution in [2.75, 3.05) is 13.7 Å². The maximum Gasteiger partial charge on any atom is 0.343 e. The normalized spacial score (nSPS) is 10.5. The maximum absolute atomic E-state index is 12.6. The van der Waals surface area contributed by atoms with E-state index >= 15 is 0 Å². The topological polar surface area (TPSA) is 86.2 Å². The molecule has 168 valence electrons. The summed E-state index contributed by atoms with van der Waals surface area (Å²) in [6, 6.07) is 18.7. The number of nitrogens with one attached hydrogen (secondary N) is 1. The van der Waals surface area contributed by atoms with Crippen LogP contribution in [-0.2, 0) is 0 Å². The Bertz CT molecular complexity index is 1180. The summed E-state index contributed by atoms with van der Waals surface area (Å²) in [5, 5.41) is 4.00. The molecule has 0 radical (unpaired) electrons. The van der Waals surface area contributed by atoms with Crippen molar-refractivity contribution in [3.63, 3.8) is 0 Å². The van der Waals surface area contributed by atoms with Gasteiger partial charge in [0, 0.05) is 4.47 Å². The van der Waals surface area contributed by atoms with Crippen molar-refractivity contribution in [3.05, 3.63) is 101 Å². The van der Waals surface area contributed by atoms with Crippen molar-refractivity contribution in [2.24, 2.45) is 5.10 Å². The standard InChI is InChI=1S/C25H21BrN2O5/c1-3-13-32-21-12-10-19(26)15-20(21)24(29)28-27-16-17-9-11-22(23(14-17)31-2)33-25(30)18-7-5-4-6-8-18/h3-12,14-16H,1,13H2,2H3,(H,28,29)/b27-16+. The van der Waals surface area contributed by atoms with Gasteiger partial charge >= 0.3 is 5.97 Å². The highest BCUT2D eigenvalue weighted by atomic mass is 79.9. The molecule has 0 spiro atoms. The summed E-state index contributed by atoms with van der Waals surface area (Å²) in [6.45, 7) is 3.88. The number of carbonyl (C=O) groups excluding carboxylic acids is 2. The first kappa shape index (κ1) is 23.7. The van der Waals surface area contributed by atoms with E-state index in [1.54, 1.807) is 66.7 Å². The number of hydrogen-bond acceptors (Lipinski definition) is 6. The highest BCUT2D eigenvalue weighted by Gasteiger charge is 2.14. The van der Waals surface area contributed by atoms with E-state index in [0.717, 1.165) is 4.47 Å². The van der Waals surface area contributed by atoms with E-state index in [4.69, 9.17) is 14.2 Å². The van der Waals surface area contributed by atoms with Crippen LogP contribution >= 0.6 is 15.9 Å². The zero-order valence-corrected chi connectivity index (χ0v) is 19.4. The van der Waals surface area contributed by atoms with Crippen molar-refractivity contribution in [1.82, 2.24) is 5.43 Å². The summed E-state index contributed by atoms with van der Waals surface area (Å²) in [5.41, 5.74) is 3.85. The average molecular weight is 509 g/mol. The van der Waals surface area contributed by atoms with Crippen molar-refractivity contribution in [3.8, 4) is 17.2 Å². The van der Waals surface area contributed by atoms with Gasteiger partial charge in [0.05, 0.1) is 24.5 Å². The lowest BCUT2D eigenvalue weighted by molar-refractivity contribution is 0.0729. The lowest BCUT2D eigenvalue weighted by Crippen LogP contribution is -2.19. The van der Waals surface area contributed by atoms with Crippen LogP contribution in [0, 0.1) is 0 Å². The predicted molar refractivity (Wildman–Crippen MR) is 129 cm³/mol. The zero-order valence-electron chi connectivity index (χ0n) is 17.8. The average Bonchev–Trinajstić information content (AvgIpc) is 2.84. The number of rotatable bonds is 9. The second kappa shape index (κ2) is 11.6. The van der Waals surface area contributed by atoms with Crippen LogP contribution in [0.4, 0.5) is 0 Å². The number of hydrazone groups is 1. The number of methoxy groups -OCH3 is 1. The number of esters is 1. The first-order valence-corrected chi connectivity index (χ1v) is 10.6. The van der Waals surface area contributed by atoms with Gasteiger partial charge in [-0.1, -0.05) is 46.8 Å². The number of carbonyl (C=O) groups is 2. The molecule has 8 heteroatoms. The summed E-state index contributed by atoms with van der Waals surface area (Å²) in [4.78, 5) is 24.9. The molecule has 0 fully saturated rings. The van der Waals surface area contributed by atoms with Crippen LogP contribution in [0.25, 0.3) is 0 Å². The molecule has 0 aromatic heterocycles. The summed E-state index contributed by atoms with van der Waals surface area (Å²) in [5.74, 6) is 0.0995. The lowest BCUT2D eigenvalue weighted by Gasteiger charge is -2.10. The predicted octanol–water partition coefficient (Wildman–Crippen LogP) is 5.01. The molecule has 0 unspecified atom stereocenters. The molecule has 0 atom stereocenters. The Kier molecular flexibility index (Phi) is 8.37. The molecule has 0 aliphatic carbocycles. The highest BCUT2D eigenvalue weighted by Crippen LogP contribution is 2.28. The number of halogens is 1. The zero-order chi connectivity index (χ0) is 23.6. The van der Waals surface area contributed by atoms with Crippen LogP contribution in [0.1, 0.15) is 26.3 Å². The molecule has 0 saturated carbocycles. The third-order valence-corrected chi connectivity index (χ3v) is 4.82.